The Morgan fingerprint density at radius 1 is 1.00 bits per heavy atom. The van der Waals surface area contributed by atoms with Crippen LogP contribution in [0.25, 0.3) is 0 Å². The summed E-state index contributed by atoms with van der Waals surface area (Å²) in [6.45, 7) is 7.26. The maximum atomic E-state index is 11.4. The summed E-state index contributed by atoms with van der Waals surface area (Å²) in [6.07, 6.45) is 4.71. The zero-order chi connectivity index (χ0) is 20.1. The molecule has 3 rings (SSSR count). The number of sulfonamides is 1. The molecule has 1 aliphatic rings. The van der Waals surface area contributed by atoms with Crippen molar-refractivity contribution in [3.63, 3.8) is 0 Å². The van der Waals surface area contributed by atoms with Crippen LogP contribution in [0.15, 0.2) is 48.5 Å². The summed E-state index contributed by atoms with van der Waals surface area (Å²) in [5.41, 5.74) is 5.16. The normalized spacial score (nSPS) is 17.5. The summed E-state index contributed by atoms with van der Waals surface area (Å²) in [7, 11) is -3.19. The van der Waals surface area contributed by atoms with E-state index in [1.165, 1.54) is 35.8 Å². The van der Waals surface area contributed by atoms with Gasteiger partial charge in [0.15, 0.2) is 0 Å². The van der Waals surface area contributed by atoms with Gasteiger partial charge in [0.2, 0.25) is 10.0 Å². The van der Waals surface area contributed by atoms with Crippen molar-refractivity contribution < 1.29 is 8.42 Å². The number of aryl methyl sites for hydroxylation is 1. The molecule has 0 aromatic heterocycles. The van der Waals surface area contributed by atoms with Gasteiger partial charge in [-0.05, 0) is 67.4 Å². The fraction of sp³-hybridized carbons (Fsp3) is 0.478. The fourth-order valence-corrected chi connectivity index (χ4v) is 4.79. The van der Waals surface area contributed by atoms with Crippen LogP contribution in [0, 0.1) is 0 Å². The van der Waals surface area contributed by atoms with E-state index in [-0.39, 0.29) is 6.04 Å². The molecule has 152 valence electrons. The highest BCUT2D eigenvalue weighted by molar-refractivity contribution is 7.88. The molecule has 0 amide bonds. The Morgan fingerprint density at radius 3 is 2.11 bits per heavy atom. The predicted molar refractivity (Wildman–Crippen MR) is 116 cm³/mol. The molecule has 2 aromatic carbocycles. The number of benzene rings is 2. The van der Waals surface area contributed by atoms with E-state index >= 15 is 0 Å². The highest BCUT2D eigenvalue weighted by atomic mass is 32.2. The van der Waals surface area contributed by atoms with Crippen molar-refractivity contribution in [2.45, 2.75) is 51.6 Å². The van der Waals surface area contributed by atoms with Crippen molar-refractivity contribution >= 4 is 10.0 Å². The van der Waals surface area contributed by atoms with Gasteiger partial charge < -0.3 is 0 Å². The lowest BCUT2D eigenvalue weighted by Crippen LogP contribution is -2.32. The molecule has 1 heterocycles. The quantitative estimate of drug-likeness (QED) is 0.756. The molecule has 0 saturated carbocycles. The zero-order valence-corrected chi connectivity index (χ0v) is 18.0. The van der Waals surface area contributed by atoms with Gasteiger partial charge in [-0.2, -0.15) is 0 Å². The molecule has 1 N–H and O–H groups in total. The lowest BCUT2D eigenvalue weighted by Gasteiger charge is -2.32. The summed E-state index contributed by atoms with van der Waals surface area (Å²) in [4.78, 5) is 2.52. The molecule has 0 aliphatic carbocycles. The van der Waals surface area contributed by atoms with Gasteiger partial charge in [-0.15, -0.1) is 0 Å². The molecular weight excluding hydrogens is 368 g/mol. The van der Waals surface area contributed by atoms with Crippen LogP contribution >= 0.6 is 0 Å². The number of piperidine rings is 1. The van der Waals surface area contributed by atoms with Crippen LogP contribution in [-0.2, 0) is 23.0 Å². The van der Waals surface area contributed by atoms with Crippen LogP contribution in [0.1, 0.15) is 60.9 Å². The smallest absolute Gasteiger partial charge is 0.209 e. The summed E-state index contributed by atoms with van der Waals surface area (Å²) in [5.74, 6) is 0.674. The predicted octanol–water partition coefficient (Wildman–Crippen LogP) is 4.24. The first kappa shape index (κ1) is 21.0. The van der Waals surface area contributed by atoms with E-state index in [0.717, 1.165) is 31.6 Å². The van der Waals surface area contributed by atoms with Crippen LogP contribution in [0.2, 0.25) is 0 Å². The van der Waals surface area contributed by atoms with Crippen LogP contribution in [-0.4, -0.2) is 32.7 Å². The van der Waals surface area contributed by atoms with E-state index in [1.807, 2.05) is 19.1 Å². The largest absolute Gasteiger partial charge is 0.299 e. The molecule has 2 aromatic rings. The Balaban J connectivity index is 1.51. The van der Waals surface area contributed by atoms with Gasteiger partial charge in [0, 0.05) is 12.6 Å². The third kappa shape index (κ3) is 5.90. The molecule has 28 heavy (non-hydrogen) atoms. The lowest BCUT2D eigenvalue weighted by molar-refractivity contribution is 0.204. The topological polar surface area (TPSA) is 49.4 Å². The average molecular weight is 401 g/mol. The number of hydrogen-bond acceptors (Lipinski definition) is 3. The SMILES string of the molecule is CCc1ccc(C2CCN(Cc3ccc([C@@H](C)NS(C)(=O)=O)cc3)CC2)cc1. The lowest BCUT2D eigenvalue weighted by atomic mass is 9.88. The summed E-state index contributed by atoms with van der Waals surface area (Å²) in [6, 6.07) is 17.2. The highest BCUT2D eigenvalue weighted by Gasteiger charge is 2.20. The zero-order valence-electron chi connectivity index (χ0n) is 17.2. The third-order valence-electron chi connectivity index (χ3n) is 5.72. The average Bonchev–Trinajstić information content (AvgIpc) is 2.68. The van der Waals surface area contributed by atoms with E-state index in [4.69, 9.17) is 0 Å². The monoisotopic (exact) mass is 400 g/mol. The van der Waals surface area contributed by atoms with Gasteiger partial charge >= 0.3 is 0 Å². The highest BCUT2D eigenvalue weighted by Crippen LogP contribution is 2.29. The van der Waals surface area contributed by atoms with E-state index in [2.05, 4.69) is 52.9 Å². The summed E-state index contributed by atoms with van der Waals surface area (Å²) < 4.78 is 25.4. The summed E-state index contributed by atoms with van der Waals surface area (Å²) in [5, 5.41) is 0. The van der Waals surface area contributed by atoms with Gasteiger partial charge in [0.1, 0.15) is 0 Å². The molecule has 1 aliphatic heterocycles. The number of nitrogens with one attached hydrogen (secondary N) is 1. The van der Waals surface area contributed by atoms with Crippen LogP contribution in [0.5, 0.6) is 0 Å². The Morgan fingerprint density at radius 2 is 1.57 bits per heavy atom. The van der Waals surface area contributed by atoms with Crippen molar-refractivity contribution in [2.75, 3.05) is 19.3 Å². The second kappa shape index (κ2) is 9.21. The van der Waals surface area contributed by atoms with Crippen LogP contribution in [0.3, 0.4) is 0 Å². The van der Waals surface area contributed by atoms with Crippen molar-refractivity contribution in [1.82, 2.24) is 9.62 Å². The first-order chi connectivity index (χ1) is 13.3. The standard InChI is InChI=1S/C23H32N2O2S/c1-4-19-5-11-22(12-6-19)23-13-15-25(16-14-23)17-20-7-9-21(10-8-20)18(2)24-28(3,26)27/h5-12,18,23-24H,4,13-17H2,1-3H3/t18-/m1/s1. The maximum absolute atomic E-state index is 11.4. The molecule has 1 atom stereocenters. The molecule has 1 saturated heterocycles. The van der Waals surface area contributed by atoms with Crippen LogP contribution < -0.4 is 4.72 Å². The van der Waals surface area contributed by atoms with Gasteiger partial charge in [0.05, 0.1) is 6.26 Å². The van der Waals surface area contributed by atoms with Crippen molar-refractivity contribution in [3.8, 4) is 0 Å². The van der Waals surface area contributed by atoms with E-state index in [1.54, 1.807) is 0 Å². The Bertz CT molecular complexity index is 852. The minimum Gasteiger partial charge on any atom is -0.299 e. The maximum Gasteiger partial charge on any atom is 0.209 e. The molecule has 0 spiro atoms. The molecule has 4 nitrogen and oxygen atoms in total. The first-order valence-electron chi connectivity index (χ1n) is 10.2. The molecular formula is C23H32N2O2S. The van der Waals surface area contributed by atoms with E-state index in [0.29, 0.717) is 5.92 Å². The Hall–Kier alpha value is -1.69. The number of likely N-dealkylation sites (tertiary alicyclic amines) is 1. The van der Waals surface area contributed by atoms with Crippen LogP contribution in [0.4, 0.5) is 0 Å². The summed E-state index contributed by atoms with van der Waals surface area (Å²) >= 11 is 0. The third-order valence-corrected chi connectivity index (χ3v) is 6.51. The van der Waals surface area contributed by atoms with E-state index < -0.39 is 10.0 Å². The molecule has 0 unspecified atom stereocenters. The second-order valence-corrected chi connectivity index (χ2v) is 9.78. The van der Waals surface area contributed by atoms with Gasteiger partial charge in [-0.1, -0.05) is 55.5 Å². The Labute approximate surface area is 170 Å². The van der Waals surface area contributed by atoms with Crippen molar-refractivity contribution in [1.29, 1.82) is 0 Å². The minimum absolute atomic E-state index is 0.209. The van der Waals surface area contributed by atoms with E-state index in [9.17, 15) is 8.42 Å². The van der Waals surface area contributed by atoms with Crippen molar-refractivity contribution in [2.24, 2.45) is 0 Å². The molecule has 0 radical (unpaired) electrons. The number of rotatable bonds is 7. The first-order valence-corrected chi connectivity index (χ1v) is 12.1. The second-order valence-electron chi connectivity index (χ2n) is 8.00. The van der Waals surface area contributed by atoms with Gasteiger partial charge in [-0.25, -0.2) is 13.1 Å². The fourth-order valence-electron chi connectivity index (χ4n) is 4.01. The molecule has 1 fully saturated rings. The van der Waals surface area contributed by atoms with Gasteiger partial charge in [-0.3, -0.25) is 4.90 Å². The van der Waals surface area contributed by atoms with Gasteiger partial charge in [0.25, 0.3) is 0 Å². The molecule has 5 heteroatoms. The Kier molecular flexibility index (Phi) is 6.91. The number of hydrogen-bond donors (Lipinski definition) is 1. The van der Waals surface area contributed by atoms with Crippen molar-refractivity contribution in [3.05, 3.63) is 70.8 Å². The number of nitrogens with zero attached hydrogens (tertiary/aromatic N) is 1. The molecule has 0 bridgehead atoms. The minimum atomic E-state index is -3.19.